The number of H-pyrrole nitrogens is 1. The lowest BCUT2D eigenvalue weighted by Gasteiger charge is -2.12. The molecule has 1 amide bonds. The number of halogens is 3. The first-order valence-corrected chi connectivity index (χ1v) is 10.4. The predicted molar refractivity (Wildman–Crippen MR) is 122 cm³/mol. The molecule has 0 fully saturated rings. The smallest absolute Gasteiger partial charge is 0.346 e. The van der Waals surface area contributed by atoms with Crippen LogP contribution in [0.5, 0.6) is 0 Å². The van der Waals surface area contributed by atoms with Gasteiger partial charge in [0.25, 0.3) is 5.91 Å². The Labute approximate surface area is 191 Å². The molecule has 7 nitrogen and oxygen atoms in total. The molecule has 0 saturated heterocycles. The molecule has 0 bridgehead atoms. The fraction of sp³-hybridized carbons (Fsp3) is 0.125. The molecule has 0 aliphatic rings. The molecule has 0 unspecified atom stereocenters. The lowest BCUT2D eigenvalue weighted by molar-refractivity contribution is -0.137. The van der Waals surface area contributed by atoms with E-state index in [1.54, 1.807) is 16.8 Å². The topological polar surface area (TPSA) is 102 Å². The molecule has 10 heteroatoms. The van der Waals surface area contributed by atoms with E-state index in [0.717, 1.165) is 28.8 Å². The van der Waals surface area contributed by atoms with Crippen LogP contribution in [0, 0.1) is 0 Å². The van der Waals surface area contributed by atoms with E-state index in [9.17, 15) is 18.0 Å². The summed E-state index contributed by atoms with van der Waals surface area (Å²) < 4.78 is 41.4. The van der Waals surface area contributed by atoms with Gasteiger partial charge in [-0.1, -0.05) is 24.3 Å². The van der Waals surface area contributed by atoms with Crippen LogP contribution in [0.1, 0.15) is 27.2 Å². The first-order valence-electron chi connectivity index (χ1n) is 10.4. The summed E-state index contributed by atoms with van der Waals surface area (Å²) in [4.78, 5) is 24.5. The van der Waals surface area contributed by atoms with Crippen molar-refractivity contribution in [3.05, 3.63) is 89.5 Å². The summed E-state index contributed by atoms with van der Waals surface area (Å²) in [5.74, 6) is -0.488. The number of nitrogens with two attached hydrogens (primary N) is 1. The Morgan fingerprint density at radius 3 is 2.65 bits per heavy atom. The van der Waals surface area contributed by atoms with Crippen molar-refractivity contribution < 1.29 is 18.0 Å². The maximum Gasteiger partial charge on any atom is 0.417 e. The molecule has 34 heavy (non-hydrogen) atoms. The molecule has 0 aliphatic heterocycles. The Kier molecular flexibility index (Phi) is 5.29. The van der Waals surface area contributed by atoms with Gasteiger partial charge in [0.15, 0.2) is 0 Å². The standard InChI is InChI=1S/C24H19F3N6O/c25-24(26,27)18-7-17-9-20(23(34)32-19-8-16-4-5-29-21(16)30-12-19)33(22(17)31-11-18)13-15-3-1-2-14(6-15)10-28/h1-9,11-12H,10,13,28H2,(H,29,30)(H,32,34). The van der Waals surface area contributed by atoms with Gasteiger partial charge in [-0.3, -0.25) is 4.79 Å². The second-order valence-electron chi connectivity index (χ2n) is 7.87. The number of fused-ring (bicyclic) bond motifs is 2. The number of alkyl halides is 3. The van der Waals surface area contributed by atoms with Gasteiger partial charge in [0, 0.05) is 36.3 Å². The number of hydrogen-bond acceptors (Lipinski definition) is 4. The molecule has 0 atom stereocenters. The number of aromatic nitrogens is 4. The molecule has 0 spiro atoms. The molecule has 1 aromatic carbocycles. The summed E-state index contributed by atoms with van der Waals surface area (Å²) >= 11 is 0. The van der Waals surface area contributed by atoms with Crippen LogP contribution in [0.4, 0.5) is 18.9 Å². The summed E-state index contributed by atoms with van der Waals surface area (Å²) in [5.41, 5.74) is 8.19. The minimum atomic E-state index is -4.54. The second kappa shape index (κ2) is 8.31. The van der Waals surface area contributed by atoms with Gasteiger partial charge in [-0.15, -0.1) is 0 Å². The number of benzene rings is 1. The van der Waals surface area contributed by atoms with E-state index >= 15 is 0 Å². The second-order valence-corrected chi connectivity index (χ2v) is 7.87. The number of carbonyl (C=O) groups is 1. The van der Waals surface area contributed by atoms with E-state index in [0.29, 0.717) is 17.9 Å². The molecule has 0 aliphatic carbocycles. The minimum absolute atomic E-state index is 0.175. The Morgan fingerprint density at radius 2 is 1.85 bits per heavy atom. The van der Waals surface area contributed by atoms with Gasteiger partial charge in [-0.25, -0.2) is 9.97 Å². The molecule has 5 rings (SSSR count). The lowest BCUT2D eigenvalue weighted by Crippen LogP contribution is -2.18. The normalized spacial score (nSPS) is 11.9. The summed E-state index contributed by atoms with van der Waals surface area (Å²) in [6.07, 6.45) is -0.519. The Morgan fingerprint density at radius 1 is 1.03 bits per heavy atom. The monoisotopic (exact) mass is 464 g/mol. The zero-order valence-electron chi connectivity index (χ0n) is 17.7. The van der Waals surface area contributed by atoms with Gasteiger partial charge < -0.3 is 20.6 Å². The average Bonchev–Trinajstić information content (AvgIpc) is 3.42. The van der Waals surface area contributed by atoms with Crippen molar-refractivity contribution in [2.24, 2.45) is 5.73 Å². The summed E-state index contributed by atoms with van der Waals surface area (Å²) in [6, 6.07) is 13.5. The van der Waals surface area contributed by atoms with Crippen LogP contribution >= 0.6 is 0 Å². The molecule has 0 radical (unpaired) electrons. The van der Waals surface area contributed by atoms with Gasteiger partial charge in [-0.2, -0.15) is 13.2 Å². The van der Waals surface area contributed by atoms with Crippen LogP contribution in [0.15, 0.2) is 67.1 Å². The number of carbonyl (C=O) groups excluding carboxylic acids is 1. The molecule has 4 aromatic heterocycles. The highest BCUT2D eigenvalue weighted by Gasteiger charge is 2.32. The van der Waals surface area contributed by atoms with Crippen LogP contribution in [0.3, 0.4) is 0 Å². The molecule has 172 valence electrons. The van der Waals surface area contributed by atoms with Crippen LogP contribution in [-0.2, 0) is 19.3 Å². The highest BCUT2D eigenvalue weighted by Crippen LogP contribution is 2.32. The van der Waals surface area contributed by atoms with E-state index in [1.807, 2.05) is 30.3 Å². The van der Waals surface area contributed by atoms with E-state index in [2.05, 4.69) is 20.3 Å². The van der Waals surface area contributed by atoms with Crippen molar-refractivity contribution in [1.82, 2.24) is 19.5 Å². The predicted octanol–water partition coefficient (Wildman–Crippen LogP) is 4.69. The SMILES string of the molecule is NCc1cccc(Cn2c(C(=O)Nc3cnc4[nH]ccc4c3)cc3cc(C(F)(F)F)cnc32)c1. The van der Waals surface area contributed by atoms with Crippen molar-refractivity contribution in [3.63, 3.8) is 0 Å². The molecular formula is C24H19F3N6O. The van der Waals surface area contributed by atoms with E-state index in [-0.39, 0.29) is 23.3 Å². The quantitative estimate of drug-likeness (QED) is 0.351. The number of anilines is 1. The van der Waals surface area contributed by atoms with E-state index < -0.39 is 17.6 Å². The van der Waals surface area contributed by atoms with Crippen LogP contribution in [0.25, 0.3) is 22.1 Å². The number of aromatic amines is 1. The van der Waals surface area contributed by atoms with Gasteiger partial charge in [0.05, 0.1) is 17.4 Å². The number of hydrogen-bond donors (Lipinski definition) is 3. The first-order chi connectivity index (χ1) is 16.3. The third kappa shape index (κ3) is 4.11. The minimum Gasteiger partial charge on any atom is -0.346 e. The van der Waals surface area contributed by atoms with Gasteiger partial charge >= 0.3 is 6.18 Å². The Bertz CT molecular complexity index is 1520. The Balaban J connectivity index is 1.57. The van der Waals surface area contributed by atoms with Crippen molar-refractivity contribution in [2.75, 3.05) is 5.32 Å². The number of amides is 1. The fourth-order valence-electron chi connectivity index (χ4n) is 3.89. The summed E-state index contributed by atoms with van der Waals surface area (Å²) in [6.45, 7) is 0.572. The molecule has 4 heterocycles. The average molecular weight is 464 g/mol. The van der Waals surface area contributed by atoms with Crippen LogP contribution in [0.2, 0.25) is 0 Å². The fourth-order valence-corrected chi connectivity index (χ4v) is 3.89. The molecule has 5 aromatic rings. The maximum atomic E-state index is 13.3. The third-order valence-corrected chi connectivity index (χ3v) is 5.52. The highest BCUT2D eigenvalue weighted by molar-refractivity contribution is 6.06. The highest BCUT2D eigenvalue weighted by atomic mass is 19.4. The van der Waals surface area contributed by atoms with Crippen molar-refractivity contribution in [2.45, 2.75) is 19.3 Å². The number of rotatable bonds is 5. The molecule has 4 N–H and O–H groups in total. The van der Waals surface area contributed by atoms with E-state index in [4.69, 9.17) is 5.73 Å². The molecular weight excluding hydrogens is 445 g/mol. The summed E-state index contributed by atoms with van der Waals surface area (Å²) in [7, 11) is 0. The number of nitrogens with zero attached hydrogens (tertiary/aromatic N) is 3. The number of pyridine rings is 2. The Hall–Kier alpha value is -4.18. The van der Waals surface area contributed by atoms with Crippen LogP contribution in [-0.4, -0.2) is 25.4 Å². The zero-order chi connectivity index (χ0) is 23.9. The lowest BCUT2D eigenvalue weighted by atomic mass is 10.1. The van der Waals surface area contributed by atoms with Gasteiger partial charge in [0.2, 0.25) is 0 Å². The third-order valence-electron chi connectivity index (χ3n) is 5.52. The van der Waals surface area contributed by atoms with Crippen LogP contribution < -0.4 is 11.1 Å². The van der Waals surface area contributed by atoms with Gasteiger partial charge in [0.1, 0.15) is 17.0 Å². The molecule has 0 saturated carbocycles. The van der Waals surface area contributed by atoms with Crippen molar-refractivity contribution in [1.29, 1.82) is 0 Å². The largest absolute Gasteiger partial charge is 0.417 e. The van der Waals surface area contributed by atoms with Crippen molar-refractivity contribution in [3.8, 4) is 0 Å². The first kappa shape index (κ1) is 21.7. The maximum absolute atomic E-state index is 13.3. The number of nitrogens with one attached hydrogen (secondary N) is 2. The van der Waals surface area contributed by atoms with Crippen molar-refractivity contribution >= 4 is 33.7 Å². The summed E-state index contributed by atoms with van der Waals surface area (Å²) in [5, 5.41) is 3.82. The van der Waals surface area contributed by atoms with Gasteiger partial charge in [-0.05, 0) is 35.4 Å². The zero-order valence-corrected chi connectivity index (χ0v) is 17.7. The van der Waals surface area contributed by atoms with E-state index in [1.165, 1.54) is 12.3 Å².